The topological polar surface area (TPSA) is 56.4 Å². The quantitative estimate of drug-likeness (QED) is 0.521. The normalized spacial score (nSPS) is 18.3. The van der Waals surface area contributed by atoms with Crippen molar-refractivity contribution in [3.8, 4) is 0 Å². The first-order valence-corrected chi connectivity index (χ1v) is 11.1. The van der Waals surface area contributed by atoms with Gasteiger partial charge in [0, 0.05) is 45.6 Å². The molecule has 0 saturated carbocycles. The molecule has 157 valence electrons. The van der Waals surface area contributed by atoms with Crippen molar-refractivity contribution < 1.29 is 4.79 Å². The number of nitrogens with one attached hydrogen (secondary N) is 3. The Morgan fingerprint density at radius 3 is 2.68 bits per heavy atom. The summed E-state index contributed by atoms with van der Waals surface area (Å²) >= 11 is 0. The monoisotopic (exact) mass is 411 g/mol. The largest absolute Gasteiger partial charge is 0.334 e. The summed E-state index contributed by atoms with van der Waals surface area (Å²) in [6, 6.07) is 17.6. The maximum atomic E-state index is 12.2. The van der Waals surface area contributed by atoms with Crippen molar-refractivity contribution in [2.75, 3.05) is 31.5 Å². The van der Waals surface area contributed by atoms with Gasteiger partial charge in [-0.3, -0.25) is 4.90 Å². The van der Waals surface area contributed by atoms with Gasteiger partial charge in [-0.1, -0.05) is 60.4 Å². The number of hydrogen-bond acceptors (Lipinski definition) is 3. The van der Waals surface area contributed by atoms with Gasteiger partial charge in [-0.15, -0.1) is 0 Å². The second-order valence-electron chi connectivity index (χ2n) is 8.04. The maximum Gasteiger partial charge on any atom is 0.319 e. The van der Waals surface area contributed by atoms with Crippen LogP contribution in [-0.4, -0.2) is 71.8 Å². The van der Waals surface area contributed by atoms with E-state index in [9.17, 15) is 4.79 Å². The molecule has 3 unspecified atom stereocenters. The second kappa shape index (κ2) is 12.0. The minimum Gasteiger partial charge on any atom is -0.334 e. The zero-order valence-electron chi connectivity index (χ0n) is 18.3. The van der Waals surface area contributed by atoms with Gasteiger partial charge >= 0.3 is 6.03 Å². The number of rotatable bonds is 10. The Morgan fingerprint density at radius 2 is 1.94 bits per heavy atom. The summed E-state index contributed by atoms with van der Waals surface area (Å²) in [4.78, 5) is 14.5. The molecular formula is C23H30B3N4O. The molecule has 1 saturated heterocycles. The zero-order valence-corrected chi connectivity index (χ0v) is 18.3. The number of carbonyl (C=O) groups is 1. The fourth-order valence-corrected chi connectivity index (χ4v) is 4.23. The van der Waals surface area contributed by atoms with Crippen LogP contribution in [-0.2, 0) is 0 Å². The van der Waals surface area contributed by atoms with Gasteiger partial charge in [0.25, 0.3) is 0 Å². The van der Waals surface area contributed by atoms with Crippen molar-refractivity contribution in [1.29, 1.82) is 0 Å². The Hall–Kier alpha value is -2.18. The molecule has 0 aliphatic carbocycles. The van der Waals surface area contributed by atoms with Gasteiger partial charge in [-0.2, -0.15) is 0 Å². The van der Waals surface area contributed by atoms with E-state index < -0.39 is 0 Å². The van der Waals surface area contributed by atoms with Crippen molar-refractivity contribution in [3.63, 3.8) is 0 Å². The molecule has 1 fully saturated rings. The predicted molar refractivity (Wildman–Crippen MR) is 132 cm³/mol. The van der Waals surface area contributed by atoms with Crippen LogP contribution in [0.5, 0.6) is 0 Å². The van der Waals surface area contributed by atoms with Crippen LogP contribution >= 0.6 is 0 Å². The number of hydrogen-bond donors (Lipinski definition) is 3. The number of carbonyl (C=O) groups excluding carboxylic acids is 1. The van der Waals surface area contributed by atoms with E-state index in [2.05, 4.69) is 33.8 Å². The fourth-order valence-electron chi connectivity index (χ4n) is 4.23. The lowest BCUT2D eigenvalue weighted by Gasteiger charge is -2.28. The Kier molecular flexibility index (Phi) is 9.10. The third-order valence-corrected chi connectivity index (χ3v) is 5.90. The van der Waals surface area contributed by atoms with Gasteiger partial charge in [-0.05, 0) is 36.8 Å². The molecule has 5 radical (unpaired) electrons. The molecule has 3 atom stereocenters. The molecule has 0 aromatic heterocycles. The molecule has 2 aromatic carbocycles. The highest BCUT2D eigenvalue weighted by atomic mass is 16.2. The van der Waals surface area contributed by atoms with Gasteiger partial charge in [0.05, 0.1) is 15.0 Å². The lowest BCUT2D eigenvalue weighted by atomic mass is 9.49. The number of nitrogens with zero attached hydrogens (tertiary/aromatic N) is 1. The Balaban J connectivity index is 1.40. The van der Waals surface area contributed by atoms with Gasteiger partial charge in [0.1, 0.15) is 0 Å². The predicted octanol–water partition coefficient (Wildman–Crippen LogP) is 1.57. The molecule has 2 aromatic rings. The van der Waals surface area contributed by atoms with E-state index in [1.807, 2.05) is 48.5 Å². The third-order valence-electron chi connectivity index (χ3n) is 5.90. The first-order valence-electron chi connectivity index (χ1n) is 11.1. The molecule has 3 rings (SSSR count). The number of urea groups is 1. The summed E-state index contributed by atoms with van der Waals surface area (Å²) in [6.07, 6.45) is 1.89. The Morgan fingerprint density at radius 1 is 1.19 bits per heavy atom. The summed E-state index contributed by atoms with van der Waals surface area (Å²) in [6.45, 7) is 5.66. The second-order valence-corrected chi connectivity index (χ2v) is 8.04. The summed E-state index contributed by atoms with van der Waals surface area (Å²) in [5, 5.41) is 9.42. The molecule has 1 aliphatic heterocycles. The van der Waals surface area contributed by atoms with Crippen molar-refractivity contribution in [2.45, 2.75) is 37.7 Å². The first-order chi connectivity index (χ1) is 15.1. The van der Waals surface area contributed by atoms with Crippen LogP contribution < -0.4 is 21.4 Å². The lowest BCUT2D eigenvalue weighted by molar-refractivity contribution is 0.247. The van der Waals surface area contributed by atoms with Crippen LogP contribution in [0.1, 0.15) is 31.2 Å². The minimum atomic E-state index is -0.153. The summed E-state index contributed by atoms with van der Waals surface area (Å²) < 4.78 is 0. The number of anilines is 1. The molecule has 0 spiro atoms. The van der Waals surface area contributed by atoms with E-state index in [-0.39, 0.29) is 23.9 Å². The molecule has 0 bridgehead atoms. The Labute approximate surface area is 189 Å². The van der Waals surface area contributed by atoms with Crippen LogP contribution in [0.25, 0.3) is 0 Å². The van der Waals surface area contributed by atoms with Crippen LogP contribution in [0.2, 0.25) is 0 Å². The molecule has 5 nitrogen and oxygen atoms in total. The highest BCUT2D eigenvalue weighted by molar-refractivity contribution is 6.97. The lowest BCUT2D eigenvalue weighted by Crippen LogP contribution is -2.43. The molecule has 31 heavy (non-hydrogen) atoms. The standard InChI is InChI=1S/C23H30B3N4O/c1-2-19(20-10-6-7-11-21(20)26-25)22(24)27-13-15-30-14-12-18(16-30)29-23(31)28-17-8-4-3-5-9-17/h3-11,18-19,22,27H,2,12-16H2,1H3,(H2,28,29,31). The van der Waals surface area contributed by atoms with Gasteiger partial charge in [0.2, 0.25) is 0 Å². The smallest absolute Gasteiger partial charge is 0.319 e. The van der Waals surface area contributed by atoms with Crippen molar-refractivity contribution >= 4 is 39.9 Å². The van der Waals surface area contributed by atoms with E-state index in [0.717, 1.165) is 50.2 Å². The molecule has 1 aliphatic rings. The maximum absolute atomic E-state index is 12.2. The number of likely N-dealkylation sites (tertiary alicyclic amines) is 1. The first kappa shape index (κ1) is 23.5. The van der Waals surface area contributed by atoms with E-state index in [0.29, 0.717) is 0 Å². The average Bonchev–Trinajstić information content (AvgIpc) is 3.22. The number of para-hydroxylation sites is 1. The van der Waals surface area contributed by atoms with Crippen molar-refractivity contribution in [1.82, 2.24) is 15.5 Å². The summed E-state index contributed by atoms with van der Waals surface area (Å²) in [7, 11) is 13.9. The number of benzene rings is 2. The average molecular weight is 411 g/mol. The number of amides is 2. The van der Waals surface area contributed by atoms with Gasteiger partial charge in [-0.25, -0.2) is 4.79 Å². The van der Waals surface area contributed by atoms with E-state index in [1.165, 1.54) is 5.56 Å². The third kappa shape index (κ3) is 6.91. The molecule has 2 amide bonds. The summed E-state index contributed by atoms with van der Waals surface area (Å²) in [5.41, 5.74) is 3.02. The fraction of sp³-hybridized carbons (Fsp3) is 0.435. The van der Waals surface area contributed by atoms with Crippen molar-refractivity contribution in [2.24, 2.45) is 0 Å². The van der Waals surface area contributed by atoms with Crippen LogP contribution in [0.4, 0.5) is 10.5 Å². The van der Waals surface area contributed by atoms with Crippen LogP contribution in [0.3, 0.4) is 0 Å². The van der Waals surface area contributed by atoms with Crippen molar-refractivity contribution in [3.05, 3.63) is 60.2 Å². The van der Waals surface area contributed by atoms with E-state index in [1.54, 1.807) is 7.17 Å². The highest BCUT2D eigenvalue weighted by Gasteiger charge is 2.24. The van der Waals surface area contributed by atoms with Crippen LogP contribution in [0.15, 0.2) is 54.6 Å². The van der Waals surface area contributed by atoms with Crippen LogP contribution in [0, 0.1) is 0 Å². The van der Waals surface area contributed by atoms with E-state index in [4.69, 9.17) is 15.6 Å². The molecular weight excluding hydrogens is 381 g/mol. The van der Waals surface area contributed by atoms with Gasteiger partial charge < -0.3 is 16.0 Å². The Bertz CT molecular complexity index is 823. The molecule has 1 heterocycles. The van der Waals surface area contributed by atoms with E-state index >= 15 is 0 Å². The highest BCUT2D eigenvalue weighted by Crippen LogP contribution is 2.20. The zero-order chi connectivity index (χ0) is 22.1. The minimum absolute atomic E-state index is 0.140. The van der Waals surface area contributed by atoms with Gasteiger partial charge in [0.15, 0.2) is 0 Å². The molecule has 3 N–H and O–H groups in total. The molecule has 8 heteroatoms. The SMILES string of the molecule is [B][B]c1ccccc1C(CC)C([B])NCCN1CCC(NC(=O)Nc2ccccc2)C1. The summed E-state index contributed by atoms with van der Waals surface area (Å²) in [5.74, 6) is 0.0601.